The van der Waals surface area contributed by atoms with Gasteiger partial charge in [-0.15, -0.1) is 0 Å². The van der Waals surface area contributed by atoms with Crippen molar-refractivity contribution in [3.8, 4) is 22.4 Å². The number of nitrogens with one attached hydrogen (secondary N) is 3. The van der Waals surface area contributed by atoms with Crippen LogP contribution in [0.2, 0.25) is 10.0 Å². The number of amides is 3. The molecular formula is C31H31Cl2N7O4. The number of anilines is 2. The first-order valence-electron chi connectivity index (χ1n) is 14.1. The third-order valence-electron chi connectivity index (χ3n) is 7.07. The van der Waals surface area contributed by atoms with E-state index in [4.69, 9.17) is 27.9 Å². The summed E-state index contributed by atoms with van der Waals surface area (Å²) in [5.41, 5.74) is 3.34. The summed E-state index contributed by atoms with van der Waals surface area (Å²) in [6.07, 6.45) is 2.70. The third kappa shape index (κ3) is 7.61. The Bertz CT molecular complexity index is 1690. The lowest BCUT2D eigenvalue weighted by molar-refractivity contribution is 0.0383. The molecule has 0 atom stereocenters. The number of ether oxygens (including phenoxy) is 1. The number of urea groups is 1. The summed E-state index contributed by atoms with van der Waals surface area (Å²) in [7, 11) is 0. The lowest BCUT2D eigenvalue weighted by atomic mass is 10.0. The molecule has 0 aliphatic carbocycles. The lowest BCUT2D eigenvalue weighted by Gasteiger charge is -2.26. The number of carbonyl (C=O) groups excluding carboxylic acids is 2. The molecule has 3 N–H and O–H groups in total. The largest absolute Gasteiger partial charge is 0.379 e. The van der Waals surface area contributed by atoms with Gasteiger partial charge in [0.1, 0.15) is 5.69 Å². The van der Waals surface area contributed by atoms with Gasteiger partial charge in [-0.25, -0.2) is 9.48 Å². The summed E-state index contributed by atoms with van der Waals surface area (Å²) < 4.78 is 6.64. The molecule has 5 rings (SSSR count). The monoisotopic (exact) mass is 635 g/mol. The molecule has 0 bridgehead atoms. The van der Waals surface area contributed by atoms with Gasteiger partial charge in [0.15, 0.2) is 0 Å². The van der Waals surface area contributed by atoms with E-state index in [1.54, 1.807) is 19.1 Å². The highest BCUT2D eigenvalue weighted by atomic mass is 35.5. The van der Waals surface area contributed by atoms with Gasteiger partial charge in [-0.1, -0.05) is 53.5 Å². The van der Waals surface area contributed by atoms with E-state index in [-0.39, 0.29) is 27.3 Å². The summed E-state index contributed by atoms with van der Waals surface area (Å²) in [6.45, 7) is 6.64. The van der Waals surface area contributed by atoms with Gasteiger partial charge in [0, 0.05) is 56.2 Å². The second-order valence-corrected chi connectivity index (χ2v) is 10.8. The first kappa shape index (κ1) is 31.1. The molecule has 1 aliphatic heterocycles. The number of benzene rings is 2. The highest BCUT2D eigenvalue weighted by molar-refractivity contribution is 6.39. The Kier molecular flexibility index (Phi) is 10.2. The molecule has 228 valence electrons. The predicted octanol–water partition coefficient (Wildman–Crippen LogP) is 5.01. The Morgan fingerprint density at radius 3 is 2.34 bits per heavy atom. The average Bonchev–Trinajstić information content (AvgIpc) is 3.04. The van der Waals surface area contributed by atoms with E-state index in [1.807, 2.05) is 36.4 Å². The van der Waals surface area contributed by atoms with Crippen molar-refractivity contribution < 1.29 is 14.3 Å². The van der Waals surface area contributed by atoms with Crippen LogP contribution in [0.1, 0.15) is 17.3 Å². The van der Waals surface area contributed by atoms with Gasteiger partial charge in [0.05, 0.1) is 34.6 Å². The van der Waals surface area contributed by atoms with E-state index in [1.165, 1.54) is 23.1 Å². The van der Waals surface area contributed by atoms with Crippen LogP contribution in [-0.4, -0.2) is 71.0 Å². The standard InChI is InChI=1S/C31H31Cl2N7O4/c1-2-40-30(42)27(36-31(43)37-28-24(32)18-34-19-25(28)33)17-26(38-40)23-5-3-4-22(16-23)20-6-8-21(9-7-20)29(41)35-10-11-39-12-14-44-15-13-39/h3-9,16-19H,2,10-15H2,1H3,(H,35,41)(H2,34,36,37,43). The highest BCUT2D eigenvalue weighted by Gasteiger charge is 2.16. The van der Waals surface area contributed by atoms with Gasteiger partial charge >= 0.3 is 6.03 Å². The van der Waals surface area contributed by atoms with Crippen LogP contribution in [0.5, 0.6) is 0 Å². The molecule has 3 amide bonds. The number of morpholine rings is 1. The fourth-order valence-electron chi connectivity index (χ4n) is 4.71. The number of pyridine rings is 1. The molecule has 2 aromatic carbocycles. The maximum absolute atomic E-state index is 13.0. The van der Waals surface area contributed by atoms with Crippen LogP contribution >= 0.6 is 23.2 Å². The number of carbonyl (C=O) groups is 2. The molecular weight excluding hydrogens is 605 g/mol. The van der Waals surface area contributed by atoms with E-state index in [9.17, 15) is 14.4 Å². The normalized spacial score (nSPS) is 13.3. The minimum absolute atomic E-state index is 0.0324. The van der Waals surface area contributed by atoms with Crippen LogP contribution in [0.25, 0.3) is 22.4 Å². The molecule has 11 nitrogen and oxygen atoms in total. The van der Waals surface area contributed by atoms with Crippen molar-refractivity contribution in [2.45, 2.75) is 13.5 Å². The Labute approximate surface area is 264 Å². The first-order valence-corrected chi connectivity index (χ1v) is 14.9. The first-order chi connectivity index (χ1) is 21.3. The molecule has 0 saturated carbocycles. The molecule has 13 heteroatoms. The molecule has 0 spiro atoms. The zero-order valence-corrected chi connectivity index (χ0v) is 25.5. The molecule has 1 aliphatic rings. The fraction of sp³-hybridized carbons (Fsp3) is 0.258. The minimum Gasteiger partial charge on any atom is -0.379 e. The second kappa shape index (κ2) is 14.5. The van der Waals surface area contributed by atoms with Crippen LogP contribution in [0, 0.1) is 0 Å². The smallest absolute Gasteiger partial charge is 0.323 e. The minimum atomic E-state index is -0.698. The second-order valence-electron chi connectivity index (χ2n) is 9.99. The van der Waals surface area contributed by atoms with Crippen molar-refractivity contribution in [3.63, 3.8) is 0 Å². The van der Waals surface area contributed by atoms with Crippen LogP contribution in [-0.2, 0) is 11.3 Å². The van der Waals surface area contributed by atoms with Gasteiger partial charge in [-0.05, 0) is 42.3 Å². The average molecular weight is 637 g/mol. The molecule has 1 saturated heterocycles. The lowest BCUT2D eigenvalue weighted by Crippen LogP contribution is -2.41. The third-order valence-corrected chi connectivity index (χ3v) is 7.64. The van der Waals surface area contributed by atoms with Crippen molar-refractivity contribution >= 4 is 46.5 Å². The van der Waals surface area contributed by atoms with E-state index in [2.05, 4.69) is 30.9 Å². The van der Waals surface area contributed by atoms with Crippen molar-refractivity contribution in [1.29, 1.82) is 0 Å². The quantitative estimate of drug-likeness (QED) is 0.236. The van der Waals surface area contributed by atoms with Crippen LogP contribution in [0.4, 0.5) is 16.2 Å². The topological polar surface area (TPSA) is 130 Å². The Hall–Kier alpha value is -4.29. The van der Waals surface area contributed by atoms with E-state index in [0.717, 1.165) is 49.5 Å². The van der Waals surface area contributed by atoms with Gasteiger partial charge in [-0.2, -0.15) is 5.10 Å². The number of rotatable bonds is 9. The Morgan fingerprint density at radius 1 is 0.932 bits per heavy atom. The van der Waals surface area contributed by atoms with Crippen LogP contribution < -0.4 is 21.5 Å². The number of nitrogens with zero attached hydrogens (tertiary/aromatic N) is 4. The number of hydrogen-bond acceptors (Lipinski definition) is 7. The Balaban J connectivity index is 1.30. The number of hydrogen-bond donors (Lipinski definition) is 3. The maximum Gasteiger partial charge on any atom is 0.323 e. The summed E-state index contributed by atoms with van der Waals surface area (Å²) in [6, 6.07) is 15.8. The summed E-state index contributed by atoms with van der Waals surface area (Å²) in [5, 5.41) is 12.9. The zero-order valence-electron chi connectivity index (χ0n) is 24.0. The molecule has 3 heterocycles. The Morgan fingerprint density at radius 2 is 1.64 bits per heavy atom. The number of aryl methyl sites for hydroxylation is 1. The highest BCUT2D eigenvalue weighted by Crippen LogP contribution is 2.29. The zero-order chi connectivity index (χ0) is 31.1. The predicted molar refractivity (Wildman–Crippen MR) is 172 cm³/mol. The number of aromatic nitrogens is 3. The van der Waals surface area contributed by atoms with Crippen LogP contribution in [0.3, 0.4) is 0 Å². The van der Waals surface area contributed by atoms with Crippen molar-refractivity contribution in [2.75, 3.05) is 50.0 Å². The van der Waals surface area contributed by atoms with E-state index >= 15 is 0 Å². The SMILES string of the molecule is CCn1nc(-c2cccc(-c3ccc(C(=O)NCCN4CCOCC4)cc3)c2)cc(NC(=O)Nc2c(Cl)cncc2Cl)c1=O. The number of halogens is 2. The van der Waals surface area contributed by atoms with Crippen molar-refractivity contribution in [1.82, 2.24) is 25.0 Å². The maximum atomic E-state index is 13.0. The van der Waals surface area contributed by atoms with Crippen LogP contribution in [0.15, 0.2) is 71.8 Å². The van der Waals surface area contributed by atoms with E-state index in [0.29, 0.717) is 24.3 Å². The van der Waals surface area contributed by atoms with Crippen molar-refractivity contribution in [3.05, 3.63) is 93.0 Å². The van der Waals surface area contributed by atoms with Gasteiger partial charge in [0.25, 0.3) is 11.5 Å². The molecule has 44 heavy (non-hydrogen) atoms. The van der Waals surface area contributed by atoms with Crippen molar-refractivity contribution in [2.24, 2.45) is 0 Å². The van der Waals surface area contributed by atoms with Gasteiger partial charge in [0.2, 0.25) is 0 Å². The summed E-state index contributed by atoms with van der Waals surface area (Å²) >= 11 is 12.2. The molecule has 4 aromatic rings. The van der Waals surface area contributed by atoms with E-state index < -0.39 is 11.6 Å². The van der Waals surface area contributed by atoms with Gasteiger partial charge in [-0.3, -0.25) is 19.5 Å². The molecule has 0 radical (unpaired) electrons. The summed E-state index contributed by atoms with van der Waals surface area (Å²) in [4.78, 5) is 44.5. The molecule has 2 aromatic heterocycles. The van der Waals surface area contributed by atoms with Gasteiger partial charge < -0.3 is 20.7 Å². The molecule has 0 unspecified atom stereocenters. The summed E-state index contributed by atoms with van der Waals surface area (Å²) in [5.74, 6) is -0.123. The molecule has 1 fully saturated rings. The fourth-order valence-corrected chi connectivity index (χ4v) is 5.17.